The zero-order valence-corrected chi connectivity index (χ0v) is 18.9. The molecular weight excluding hydrogens is 473 g/mol. The van der Waals surface area contributed by atoms with Gasteiger partial charge in [-0.05, 0) is 24.1 Å². The number of hydrogen-bond acceptors (Lipinski definition) is 7. The standard InChI is InChI=1S/C22H24F5N7O/c1-13-8-21(23,24)12-34(16(13)11-33-17-5-4-14(9-32-17)22(25,26)27)20(35)18(28)15(10-29-2)19-30-6-3-7-31-19/h3-7,9-10,13,16H,8,11-12,28H2,1-2H3,(H,32,33)/t13-,16?/m1/s1. The average molecular weight is 497 g/mol. The molecule has 1 aliphatic heterocycles. The third-order valence-corrected chi connectivity index (χ3v) is 5.51. The van der Waals surface area contributed by atoms with E-state index in [0.717, 1.165) is 17.0 Å². The number of piperidine rings is 1. The van der Waals surface area contributed by atoms with Crippen LogP contribution in [0.4, 0.5) is 27.8 Å². The molecule has 2 atom stereocenters. The number of aromatic nitrogens is 3. The van der Waals surface area contributed by atoms with Crippen LogP contribution in [-0.4, -0.2) is 64.1 Å². The largest absolute Gasteiger partial charge is 0.417 e. The molecule has 1 aliphatic rings. The lowest BCUT2D eigenvalue weighted by Crippen LogP contribution is -2.58. The molecule has 3 N–H and O–H groups in total. The summed E-state index contributed by atoms with van der Waals surface area (Å²) in [5, 5.41) is 2.84. The predicted octanol–water partition coefficient (Wildman–Crippen LogP) is 3.25. The van der Waals surface area contributed by atoms with E-state index < -0.39 is 48.5 Å². The van der Waals surface area contributed by atoms with Crippen molar-refractivity contribution in [3.8, 4) is 0 Å². The molecule has 0 bridgehead atoms. The summed E-state index contributed by atoms with van der Waals surface area (Å²) in [5.41, 5.74) is 4.91. The Morgan fingerprint density at radius 1 is 1.29 bits per heavy atom. The van der Waals surface area contributed by atoms with Gasteiger partial charge in [-0.2, -0.15) is 13.2 Å². The van der Waals surface area contributed by atoms with Gasteiger partial charge in [0.05, 0.1) is 23.7 Å². The molecule has 35 heavy (non-hydrogen) atoms. The van der Waals surface area contributed by atoms with E-state index in [1.54, 1.807) is 13.0 Å². The summed E-state index contributed by atoms with van der Waals surface area (Å²) in [6, 6.07) is 2.80. The van der Waals surface area contributed by atoms with Crippen LogP contribution in [0.15, 0.2) is 47.5 Å². The predicted molar refractivity (Wildman–Crippen MR) is 120 cm³/mol. The number of pyridine rings is 1. The maximum Gasteiger partial charge on any atom is 0.417 e. The van der Waals surface area contributed by atoms with Crippen LogP contribution in [0.3, 0.4) is 0 Å². The molecule has 1 amide bonds. The van der Waals surface area contributed by atoms with Crippen molar-refractivity contribution in [2.75, 3.05) is 25.5 Å². The first kappa shape index (κ1) is 26.0. The molecule has 188 valence electrons. The molecule has 0 saturated carbocycles. The Labute approximate surface area is 198 Å². The Hall–Kier alpha value is -3.64. The van der Waals surface area contributed by atoms with Gasteiger partial charge in [-0.15, -0.1) is 0 Å². The lowest BCUT2D eigenvalue weighted by Gasteiger charge is -2.43. The van der Waals surface area contributed by atoms with E-state index in [1.807, 2.05) is 0 Å². The van der Waals surface area contributed by atoms with Crippen LogP contribution in [0.2, 0.25) is 0 Å². The zero-order chi connectivity index (χ0) is 25.8. The second-order valence-corrected chi connectivity index (χ2v) is 8.14. The van der Waals surface area contributed by atoms with E-state index in [1.165, 1.54) is 25.7 Å². The van der Waals surface area contributed by atoms with E-state index >= 15 is 0 Å². The Morgan fingerprint density at radius 3 is 2.54 bits per heavy atom. The van der Waals surface area contributed by atoms with Crippen LogP contribution >= 0.6 is 0 Å². The van der Waals surface area contributed by atoms with Crippen LogP contribution in [0.1, 0.15) is 24.7 Å². The van der Waals surface area contributed by atoms with Gasteiger partial charge in [-0.1, -0.05) is 6.92 Å². The van der Waals surface area contributed by atoms with Crippen molar-refractivity contribution in [3.63, 3.8) is 0 Å². The summed E-state index contributed by atoms with van der Waals surface area (Å²) in [6.45, 7) is 0.651. The molecule has 1 unspecified atom stereocenters. The number of carbonyl (C=O) groups excluding carboxylic acids is 1. The minimum atomic E-state index is -4.54. The number of anilines is 1. The minimum absolute atomic E-state index is 0.0341. The molecular formula is C22H24F5N7O. The molecule has 0 aliphatic carbocycles. The third-order valence-electron chi connectivity index (χ3n) is 5.51. The van der Waals surface area contributed by atoms with Gasteiger partial charge in [0.1, 0.15) is 11.5 Å². The Morgan fingerprint density at radius 2 is 1.97 bits per heavy atom. The molecule has 0 radical (unpaired) electrons. The van der Waals surface area contributed by atoms with Gasteiger partial charge < -0.3 is 16.0 Å². The van der Waals surface area contributed by atoms with Crippen molar-refractivity contribution in [1.29, 1.82) is 0 Å². The molecule has 3 heterocycles. The van der Waals surface area contributed by atoms with Crippen LogP contribution in [0.5, 0.6) is 0 Å². The van der Waals surface area contributed by atoms with Crippen molar-refractivity contribution in [2.24, 2.45) is 16.6 Å². The van der Waals surface area contributed by atoms with Gasteiger partial charge in [0, 0.05) is 44.8 Å². The number of halogens is 5. The molecule has 1 saturated heterocycles. The highest BCUT2D eigenvalue weighted by atomic mass is 19.4. The number of nitrogens with two attached hydrogens (primary N) is 1. The van der Waals surface area contributed by atoms with E-state index in [-0.39, 0.29) is 29.5 Å². The van der Waals surface area contributed by atoms with E-state index in [0.29, 0.717) is 6.20 Å². The van der Waals surface area contributed by atoms with E-state index in [9.17, 15) is 26.7 Å². The lowest BCUT2D eigenvalue weighted by atomic mass is 9.88. The number of hydrogen-bond donors (Lipinski definition) is 2. The van der Waals surface area contributed by atoms with Gasteiger partial charge in [-0.25, -0.2) is 23.7 Å². The highest BCUT2D eigenvalue weighted by Gasteiger charge is 2.46. The second kappa shape index (κ2) is 10.3. The molecule has 0 spiro atoms. The van der Waals surface area contributed by atoms with Gasteiger partial charge in [0.15, 0.2) is 5.82 Å². The highest BCUT2D eigenvalue weighted by Crippen LogP contribution is 2.35. The number of allylic oxidation sites excluding steroid dienone is 1. The average Bonchev–Trinajstić information content (AvgIpc) is 2.80. The van der Waals surface area contributed by atoms with Gasteiger partial charge in [0.2, 0.25) is 0 Å². The first-order valence-electron chi connectivity index (χ1n) is 10.6. The molecule has 8 nitrogen and oxygen atoms in total. The number of alkyl halides is 5. The van der Waals surface area contributed by atoms with Gasteiger partial charge in [0.25, 0.3) is 11.8 Å². The summed E-state index contributed by atoms with van der Waals surface area (Å²) in [6.07, 6.45) is -0.203. The van der Waals surface area contributed by atoms with Crippen LogP contribution in [0, 0.1) is 5.92 Å². The number of rotatable bonds is 6. The van der Waals surface area contributed by atoms with Crippen LogP contribution in [0.25, 0.3) is 5.57 Å². The summed E-state index contributed by atoms with van der Waals surface area (Å²) < 4.78 is 67.2. The Balaban J connectivity index is 1.88. The summed E-state index contributed by atoms with van der Waals surface area (Å²) in [5.74, 6) is -4.46. The van der Waals surface area contributed by atoms with Crippen LogP contribution in [-0.2, 0) is 11.0 Å². The number of aliphatic imine (C=N–C) groups is 1. The summed E-state index contributed by atoms with van der Waals surface area (Å²) in [7, 11) is 1.45. The second-order valence-electron chi connectivity index (χ2n) is 8.14. The highest BCUT2D eigenvalue weighted by molar-refractivity contribution is 6.17. The number of amides is 1. The van der Waals surface area contributed by atoms with Crippen molar-refractivity contribution in [2.45, 2.75) is 31.5 Å². The minimum Gasteiger partial charge on any atom is -0.394 e. The quantitative estimate of drug-likeness (QED) is 0.360. The smallest absolute Gasteiger partial charge is 0.394 e. The molecule has 13 heteroatoms. The third kappa shape index (κ3) is 6.28. The Bertz CT molecular complexity index is 1090. The first-order chi connectivity index (χ1) is 16.4. The molecule has 3 rings (SSSR count). The molecule has 1 fully saturated rings. The topological polar surface area (TPSA) is 109 Å². The normalized spacial score (nSPS) is 21.1. The van der Waals surface area contributed by atoms with E-state index in [4.69, 9.17) is 5.73 Å². The monoisotopic (exact) mass is 497 g/mol. The SMILES string of the molecule is CN=CC(=C(N)C(=O)N1CC(F)(F)C[C@@H](C)C1CNc1ccc(C(F)(F)F)cn1)c1ncccn1. The molecule has 0 aromatic carbocycles. The maximum absolute atomic E-state index is 14.5. The molecule has 2 aromatic heterocycles. The fraction of sp³-hybridized carbons (Fsp3) is 0.409. The van der Waals surface area contributed by atoms with Gasteiger partial charge in [-0.3, -0.25) is 9.79 Å². The molecule has 2 aromatic rings. The number of nitrogens with one attached hydrogen (secondary N) is 1. The first-order valence-corrected chi connectivity index (χ1v) is 10.6. The zero-order valence-electron chi connectivity index (χ0n) is 18.9. The number of likely N-dealkylation sites (tertiary alicyclic amines) is 1. The van der Waals surface area contributed by atoms with Crippen LogP contribution < -0.4 is 11.1 Å². The number of nitrogens with zero attached hydrogens (tertiary/aromatic N) is 5. The number of carbonyl (C=O) groups is 1. The Kier molecular flexibility index (Phi) is 7.66. The fourth-order valence-corrected chi connectivity index (χ4v) is 3.84. The lowest BCUT2D eigenvalue weighted by molar-refractivity contribution is -0.148. The van der Waals surface area contributed by atoms with Crippen molar-refractivity contribution < 1.29 is 26.7 Å². The van der Waals surface area contributed by atoms with Crippen molar-refractivity contribution >= 4 is 23.5 Å². The summed E-state index contributed by atoms with van der Waals surface area (Å²) in [4.78, 5) is 30.0. The van der Waals surface area contributed by atoms with Gasteiger partial charge >= 0.3 is 6.18 Å². The van der Waals surface area contributed by atoms with Crippen molar-refractivity contribution in [1.82, 2.24) is 19.9 Å². The maximum atomic E-state index is 14.5. The summed E-state index contributed by atoms with van der Waals surface area (Å²) >= 11 is 0. The van der Waals surface area contributed by atoms with Crippen molar-refractivity contribution in [3.05, 3.63) is 53.9 Å². The van der Waals surface area contributed by atoms with E-state index in [2.05, 4.69) is 25.3 Å². The fourth-order valence-electron chi connectivity index (χ4n) is 3.84.